The maximum absolute atomic E-state index is 11.7. The van der Waals surface area contributed by atoms with Gasteiger partial charge in [-0.3, -0.25) is 14.3 Å². The van der Waals surface area contributed by atoms with Crippen LogP contribution in [0.4, 0.5) is 0 Å². The highest BCUT2D eigenvalue weighted by Gasteiger charge is 2.16. The van der Waals surface area contributed by atoms with Gasteiger partial charge in [0.25, 0.3) is 5.91 Å². The van der Waals surface area contributed by atoms with Crippen molar-refractivity contribution in [3.05, 3.63) is 18.0 Å². The summed E-state index contributed by atoms with van der Waals surface area (Å²) >= 11 is 0. The van der Waals surface area contributed by atoms with E-state index in [-0.39, 0.29) is 18.9 Å². The first kappa shape index (κ1) is 14.2. The third kappa shape index (κ3) is 4.54. The maximum Gasteiger partial charge on any atom is 0.306 e. The minimum Gasteiger partial charge on any atom is -0.481 e. The Morgan fingerprint density at radius 3 is 2.83 bits per heavy atom. The summed E-state index contributed by atoms with van der Waals surface area (Å²) in [5.74, 6) is -1.30. The van der Waals surface area contributed by atoms with Gasteiger partial charge < -0.3 is 15.2 Å². The summed E-state index contributed by atoms with van der Waals surface area (Å²) in [5.41, 5.74) is 0.295. The normalized spacial score (nSPS) is 12.1. The first-order valence-corrected chi connectivity index (χ1v) is 5.64. The van der Waals surface area contributed by atoms with Crippen molar-refractivity contribution in [2.45, 2.75) is 19.4 Å². The van der Waals surface area contributed by atoms with Gasteiger partial charge in [0.1, 0.15) is 5.69 Å². The molecule has 0 aliphatic rings. The Balaban J connectivity index is 2.46. The minimum absolute atomic E-state index is 0.143. The zero-order valence-corrected chi connectivity index (χ0v) is 10.4. The molecule has 18 heavy (non-hydrogen) atoms. The first-order chi connectivity index (χ1) is 8.52. The molecule has 0 aliphatic heterocycles. The molecule has 1 heterocycles. The summed E-state index contributed by atoms with van der Waals surface area (Å²) < 4.78 is 6.74. The quantitative estimate of drug-likeness (QED) is 0.717. The van der Waals surface area contributed by atoms with Crippen LogP contribution in [0.25, 0.3) is 0 Å². The number of aryl methyl sites for hydroxylation is 1. The molecule has 2 N–H and O–H groups in total. The number of aromatic nitrogens is 2. The summed E-state index contributed by atoms with van der Waals surface area (Å²) in [6.07, 6.45) is 0.989. The number of rotatable bonds is 7. The predicted octanol–water partition coefficient (Wildman–Crippen LogP) is 0.0297. The molecular weight excluding hydrogens is 238 g/mol. The molecule has 1 aromatic heterocycles. The molecule has 1 atom stereocenters. The molecule has 1 amide bonds. The summed E-state index contributed by atoms with van der Waals surface area (Å²) in [6, 6.07) is 1.59. The molecule has 0 radical (unpaired) electrons. The number of aliphatic carboxylic acids is 1. The average molecular weight is 255 g/mol. The van der Waals surface area contributed by atoms with Gasteiger partial charge >= 0.3 is 5.97 Å². The number of nitrogens with one attached hydrogen (secondary N) is 1. The van der Waals surface area contributed by atoms with Gasteiger partial charge in [-0.05, 0) is 13.0 Å². The highest BCUT2D eigenvalue weighted by molar-refractivity contribution is 5.92. The number of hydrogen-bond donors (Lipinski definition) is 2. The van der Waals surface area contributed by atoms with Crippen LogP contribution in [0.1, 0.15) is 23.8 Å². The monoisotopic (exact) mass is 255 g/mol. The van der Waals surface area contributed by atoms with E-state index in [0.717, 1.165) is 0 Å². The fraction of sp³-hybridized carbons (Fsp3) is 0.545. The maximum atomic E-state index is 11.7. The van der Waals surface area contributed by atoms with E-state index in [1.165, 1.54) is 4.68 Å². The second-order valence-electron chi connectivity index (χ2n) is 3.76. The lowest BCUT2D eigenvalue weighted by molar-refractivity contribution is -0.140. The van der Waals surface area contributed by atoms with Crippen LogP contribution in [0, 0.1) is 0 Å². The number of amides is 1. The Labute approximate surface area is 105 Å². The number of hydrogen-bond acceptors (Lipinski definition) is 4. The van der Waals surface area contributed by atoms with E-state index in [2.05, 4.69) is 10.4 Å². The number of carbonyl (C=O) groups is 2. The smallest absolute Gasteiger partial charge is 0.306 e. The molecule has 0 fully saturated rings. The van der Waals surface area contributed by atoms with Crippen LogP contribution in [0.3, 0.4) is 0 Å². The molecule has 0 bridgehead atoms. The Morgan fingerprint density at radius 1 is 1.61 bits per heavy atom. The largest absolute Gasteiger partial charge is 0.481 e. The first-order valence-electron chi connectivity index (χ1n) is 5.64. The van der Waals surface area contributed by atoms with Crippen molar-refractivity contribution in [2.75, 3.05) is 13.2 Å². The van der Waals surface area contributed by atoms with Crippen LogP contribution in [0.5, 0.6) is 0 Å². The third-order valence-electron chi connectivity index (χ3n) is 2.24. The predicted molar refractivity (Wildman–Crippen MR) is 63.2 cm³/mol. The molecule has 7 heteroatoms. The third-order valence-corrected chi connectivity index (χ3v) is 2.24. The Bertz CT molecular complexity index is 416. The number of carbonyl (C=O) groups excluding carboxylic acids is 1. The molecule has 1 rings (SSSR count). The van der Waals surface area contributed by atoms with E-state index in [4.69, 9.17) is 9.84 Å². The standard InChI is InChI=1S/C11H17N3O4/c1-3-18-8(6-10(15)16)7-12-11(17)9-4-5-14(2)13-9/h4-5,8H,3,6-7H2,1-2H3,(H,12,17)(H,15,16). The Hall–Kier alpha value is -1.89. The van der Waals surface area contributed by atoms with Crippen LogP contribution in [0.2, 0.25) is 0 Å². The van der Waals surface area contributed by atoms with Gasteiger partial charge in [0.2, 0.25) is 0 Å². The highest BCUT2D eigenvalue weighted by atomic mass is 16.5. The second kappa shape index (κ2) is 6.75. The van der Waals surface area contributed by atoms with E-state index in [1.54, 1.807) is 26.2 Å². The number of carboxylic acid groups (broad SMARTS) is 1. The lowest BCUT2D eigenvalue weighted by atomic mass is 10.2. The van der Waals surface area contributed by atoms with Crippen molar-refractivity contribution in [3.8, 4) is 0 Å². The van der Waals surface area contributed by atoms with Crippen LogP contribution in [-0.2, 0) is 16.6 Å². The topological polar surface area (TPSA) is 93.5 Å². The Kier molecular flexibility index (Phi) is 5.31. The zero-order chi connectivity index (χ0) is 13.5. The number of nitrogens with zero attached hydrogens (tertiary/aromatic N) is 2. The molecule has 0 spiro atoms. The van der Waals surface area contributed by atoms with Crippen molar-refractivity contribution in [2.24, 2.45) is 7.05 Å². The van der Waals surface area contributed by atoms with Gasteiger partial charge in [0.15, 0.2) is 0 Å². The van der Waals surface area contributed by atoms with E-state index in [1.807, 2.05) is 0 Å². The molecule has 100 valence electrons. The molecule has 0 saturated heterocycles. The molecule has 0 aromatic carbocycles. The Morgan fingerprint density at radius 2 is 2.33 bits per heavy atom. The van der Waals surface area contributed by atoms with Crippen LogP contribution in [-0.4, -0.2) is 46.0 Å². The fourth-order valence-corrected chi connectivity index (χ4v) is 1.45. The van der Waals surface area contributed by atoms with E-state index in [0.29, 0.717) is 12.3 Å². The molecule has 1 aromatic rings. The van der Waals surface area contributed by atoms with E-state index in [9.17, 15) is 9.59 Å². The summed E-state index contributed by atoms with van der Waals surface area (Å²) in [6.45, 7) is 2.32. The van der Waals surface area contributed by atoms with Crippen LogP contribution < -0.4 is 5.32 Å². The zero-order valence-electron chi connectivity index (χ0n) is 10.4. The van der Waals surface area contributed by atoms with Crippen molar-refractivity contribution >= 4 is 11.9 Å². The molecule has 1 unspecified atom stereocenters. The highest BCUT2D eigenvalue weighted by Crippen LogP contribution is 1.99. The molecule has 0 saturated carbocycles. The minimum atomic E-state index is -0.958. The molecule has 7 nitrogen and oxygen atoms in total. The number of carboxylic acids is 1. The van der Waals surface area contributed by atoms with Crippen molar-refractivity contribution in [3.63, 3.8) is 0 Å². The molecular formula is C11H17N3O4. The summed E-state index contributed by atoms with van der Waals surface area (Å²) in [4.78, 5) is 22.3. The second-order valence-corrected chi connectivity index (χ2v) is 3.76. The van der Waals surface area contributed by atoms with Gasteiger partial charge in [0, 0.05) is 26.4 Å². The SMILES string of the molecule is CCOC(CNC(=O)c1ccn(C)n1)CC(=O)O. The molecule has 0 aliphatic carbocycles. The van der Waals surface area contributed by atoms with Gasteiger partial charge in [-0.2, -0.15) is 5.10 Å². The van der Waals surface area contributed by atoms with Crippen molar-refractivity contribution in [1.82, 2.24) is 15.1 Å². The van der Waals surface area contributed by atoms with E-state index >= 15 is 0 Å². The van der Waals surface area contributed by atoms with Crippen molar-refractivity contribution in [1.29, 1.82) is 0 Å². The summed E-state index contributed by atoms with van der Waals surface area (Å²) in [5, 5.41) is 15.2. The lowest BCUT2D eigenvalue weighted by Crippen LogP contribution is -2.35. The van der Waals surface area contributed by atoms with Crippen molar-refractivity contribution < 1.29 is 19.4 Å². The van der Waals surface area contributed by atoms with Gasteiger partial charge in [-0.1, -0.05) is 0 Å². The van der Waals surface area contributed by atoms with Crippen LogP contribution >= 0.6 is 0 Å². The average Bonchev–Trinajstić information content (AvgIpc) is 2.72. The summed E-state index contributed by atoms with van der Waals surface area (Å²) in [7, 11) is 1.71. The van der Waals surface area contributed by atoms with Gasteiger partial charge in [0.05, 0.1) is 12.5 Å². The van der Waals surface area contributed by atoms with Crippen LogP contribution in [0.15, 0.2) is 12.3 Å². The van der Waals surface area contributed by atoms with Gasteiger partial charge in [-0.25, -0.2) is 0 Å². The van der Waals surface area contributed by atoms with Gasteiger partial charge in [-0.15, -0.1) is 0 Å². The van der Waals surface area contributed by atoms with E-state index < -0.39 is 12.1 Å². The fourth-order valence-electron chi connectivity index (χ4n) is 1.45. The number of ether oxygens (including phenoxy) is 1. The lowest BCUT2D eigenvalue weighted by Gasteiger charge is -2.15.